The minimum absolute atomic E-state index is 0.0779. The number of nitrogens with one attached hydrogen (secondary N) is 1. The van der Waals surface area contributed by atoms with E-state index in [1.807, 2.05) is 35.4 Å². The maximum Gasteiger partial charge on any atom is 0.328 e. The molecule has 4 nitrogen and oxygen atoms in total. The van der Waals surface area contributed by atoms with Crippen LogP contribution in [0.25, 0.3) is 0 Å². The normalized spacial score (nSPS) is 20.1. The second-order valence-electron chi connectivity index (χ2n) is 5.62. The summed E-state index contributed by atoms with van der Waals surface area (Å²) in [6.45, 7) is 3.71. The number of hydrogen-bond donors (Lipinski definition) is 1. The summed E-state index contributed by atoms with van der Waals surface area (Å²) in [5.41, 5.74) is 0.903. The maximum absolute atomic E-state index is 12.7. The van der Waals surface area contributed by atoms with Crippen molar-refractivity contribution in [3.8, 4) is 0 Å². The third-order valence-electron chi connectivity index (χ3n) is 4.08. The highest BCUT2D eigenvalue weighted by Crippen LogP contribution is 2.24. The van der Waals surface area contributed by atoms with E-state index in [0.29, 0.717) is 12.5 Å². The fraction of sp³-hybridized carbons (Fsp3) is 0.438. The molecule has 21 heavy (non-hydrogen) atoms. The van der Waals surface area contributed by atoms with Crippen molar-refractivity contribution in [2.24, 2.45) is 5.92 Å². The van der Waals surface area contributed by atoms with Crippen LogP contribution in [0.1, 0.15) is 12.8 Å². The molecule has 0 aromatic heterocycles. The minimum atomic E-state index is 0.0779. The first kappa shape index (κ1) is 14.6. The van der Waals surface area contributed by atoms with Crippen LogP contribution in [0.3, 0.4) is 0 Å². The number of hydrogen-bond acceptors (Lipinski definition) is 2. The fourth-order valence-corrected chi connectivity index (χ4v) is 3.31. The van der Waals surface area contributed by atoms with Gasteiger partial charge in [0.15, 0.2) is 0 Å². The molecule has 0 saturated carbocycles. The zero-order chi connectivity index (χ0) is 14.7. The predicted octanol–water partition coefficient (Wildman–Crippen LogP) is 3.20. The van der Waals surface area contributed by atoms with Crippen LogP contribution < -0.4 is 10.2 Å². The number of carbonyl (C=O) groups is 1. The standard InChI is InChI=1S/C16H20BrN3O/c17-14-3-1-4-15(11-14)20-10-2-9-19(16(20)21)12-13-5-7-18-8-6-13/h1-4,10-11,13,18H,5-9,12H2. The van der Waals surface area contributed by atoms with Gasteiger partial charge >= 0.3 is 6.03 Å². The quantitative estimate of drug-likeness (QED) is 0.909. The molecule has 5 heteroatoms. The van der Waals surface area contributed by atoms with Crippen LogP contribution in [0, 0.1) is 5.92 Å². The lowest BCUT2D eigenvalue weighted by Crippen LogP contribution is -2.47. The molecule has 0 bridgehead atoms. The Morgan fingerprint density at radius 1 is 1.29 bits per heavy atom. The van der Waals surface area contributed by atoms with E-state index < -0.39 is 0 Å². The molecule has 0 unspecified atom stereocenters. The Morgan fingerprint density at radius 2 is 2.10 bits per heavy atom. The topological polar surface area (TPSA) is 35.6 Å². The number of carbonyl (C=O) groups excluding carboxylic acids is 1. The summed E-state index contributed by atoms with van der Waals surface area (Å²) in [7, 11) is 0. The largest absolute Gasteiger partial charge is 0.328 e. The van der Waals surface area contributed by atoms with Crippen molar-refractivity contribution < 1.29 is 4.79 Å². The number of benzene rings is 1. The Morgan fingerprint density at radius 3 is 2.86 bits per heavy atom. The van der Waals surface area contributed by atoms with Gasteiger partial charge in [0, 0.05) is 23.8 Å². The zero-order valence-corrected chi connectivity index (χ0v) is 13.6. The monoisotopic (exact) mass is 349 g/mol. The number of amides is 2. The molecule has 3 rings (SSSR count). The molecule has 1 aromatic carbocycles. The Hall–Kier alpha value is -1.33. The minimum Gasteiger partial charge on any atom is -0.320 e. The lowest BCUT2D eigenvalue weighted by atomic mass is 9.97. The Bertz CT molecular complexity index is 540. The summed E-state index contributed by atoms with van der Waals surface area (Å²) in [5, 5.41) is 3.37. The molecular formula is C16H20BrN3O. The third-order valence-corrected chi connectivity index (χ3v) is 4.57. The second kappa shape index (κ2) is 6.62. The van der Waals surface area contributed by atoms with Crippen molar-refractivity contribution in [1.29, 1.82) is 0 Å². The first-order chi connectivity index (χ1) is 10.2. The number of halogens is 1. The number of piperidine rings is 1. The SMILES string of the molecule is O=C1N(CC2CCNCC2)CC=CN1c1cccc(Br)c1. The van der Waals surface area contributed by atoms with Gasteiger partial charge < -0.3 is 10.2 Å². The molecule has 0 aliphatic carbocycles. The lowest BCUT2D eigenvalue weighted by Gasteiger charge is -2.35. The highest BCUT2D eigenvalue weighted by Gasteiger charge is 2.26. The summed E-state index contributed by atoms with van der Waals surface area (Å²) < 4.78 is 0.983. The average Bonchev–Trinajstić information content (AvgIpc) is 2.50. The van der Waals surface area contributed by atoms with Crippen molar-refractivity contribution in [2.45, 2.75) is 12.8 Å². The van der Waals surface area contributed by atoms with Gasteiger partial charge in [-0.25, -0.2) is 4.79 Å². The molecule has 2 amide bonds. The van der Waals surface area contributed by atoms with Gasteiger partial charge in [-0.05, 0) is 56.1 Å². The molecule has 0 spiro atoms. The van der Waals surface area contributed by atoms with Crippen LogP contribution in [0.5, 0.6) is 0 Å². The Kier molecular flexibility index (Phi) is 4.60. The van der Waals surface area contributed by atoms with Gasteiger partial charge in [-0.15, -0.1) is 0 Å². The summed E-state index contributed by atoms with van der Waals surface area (Å²) in [4.78, 5) is 16.4. The van der Waals surface area contributed by atoms with Crippen molar-refractivity contribution in [2.75, 3.05) is 31.1 Å². The van der Waals surface area contributed by atoms with Gasteiger partial charge in [-0.3, -0.25) is 4.90 Å². The Labute approximate surface area is 133 Å². The number of urea groups is 1. The molecule has 1 fully saturated rings. The van der Waals surface area contributed by atoms with E-state index in [0.717, 1.165) is 42.6 Å². The van der Waals surface area contributed by atoms with Crippen molar-refractivity contribution in [3.63, 3.8) is 0 Å². The van der Waals surface area contributed by atoms with Gasteiger partial charge in [-0.1, -0.05) is 22.0 Å². The predicted molar refractivity (Wildman–Crippen MR) is 88.3 cm³/mol. The van der Waals surface area contributed by atoms with E-state index in [2.05, 4.69) is 27.3 Å². The molecule has 2 heterocycles. The van der Waals surface area contributed by atoms with Crippen LogP contribution in [0.15, 0.2) is 41.0 Å². The average molecular weight is 350 g/mol. The molecule has 112 valence electrons. The van der Waals surface area contributed by atoms with Gasteiger partial charge in [0.2, 0.25) is 0 Å². The molecular weight excluding hydrogens is 330 g/mol. The van der Waals surface area contributed by atoms with Crippen LogP contribution >= 0.6 is 15.9 Å². The zero-order valence-electron chi connectivity index (χ0n) is 12.0. The molecule has 2 aliphatic heterocycles. The van der Waals surface area contributed by atoms with Crippen LogP contribution in [-0.4, -0.2) is 37.1 Å². The summed E-state index contributed by atoms with van der Waals surface area (Å²) >= 11 is 3.46. The molecule has 2 aliphatic rings. The fourth-order valence-electron chi connectivity index (χ4n) is 2.93. The first-order valence-electron chi connectivity index (χ1n) is 7.45. The highest BCUT2D eigenvalue weighted by molar-refractivity contribution is 9.10. The highest BCUT2D eigenvalue weighted by atomic mass is 79.9. The lowest BCUT2D eigenvalue weighted by molar-refractivity contribution is 0.192. The number of rotatable bonds is 3. The van der Waals surface area contributed by atoms with E-state index in [-0.39, 0.29) is 6.03 Å². The smallest absolute Gasteiger partial charge is 0.320 e. The second-order valence-corrected chi connectivity index (χ2v) is 6.53. The molecule has 0 radical (unpaired) electrons. The van der Waals surface area contributed by atoms with E-state index in [1.54, 1.807) is 4.90 Å². The summed E-state index contributed by atoms with van der Waals surface area (Å²) in [5.74, 6) is 0.617. The van der Waals surface area contributed by atoms with Crippen LogP contribution in [0.2, 0.25) is 0 Å². The van der Waals surface area contributed by atoms with Gasteiger partial charge in [0.05, 0.1) is 5.69 Å². The van der Waals surface area contributed by atoms with E-state index in [1.165, 1.54) is 0 Å². The molecule has 0 atom stereocenters. The van der Waals surface area contributed by atoms with Crippen molar-refractivity contribution in [1.82, 2.24) is 10.2 Å². The van der Waals surface area contributed by atoms with Gasteiger partial charge in [0.25, 0.3) is 0 Å². The molecule has 1 aromatic rings. The maximum atomic E-state index is 12.7. The number of nitrogens with zero attached hydrogens (tertiary/aromatic N) is 2. The van der Waals surface area contributed by atoms with E-state index in [4.69, 9.17) is 0 Å². The Balaban J connectivity index is 1.71. The molecule has 1 saturated heterocycles. The van der Waals surface area contributed by atoms with Crippen LogP contribution in [-0.2, 0) is 0 Å². The summed E-state index contributed by atoms with van der Waals surface area (Å²) in [6, 6.07) is 7.92. The van der Waals surface area contributed by atoms with E-state index >= 15 is 0 Å². The first-order valence-corrected chi connectivity index (χ1v) is 8.24. The van der Waals surface area contributed by atoms with E-state index in [9.17, 15) is 4.79 Å². The van der Waals surface area contributed by atoms with Crippen LogP contribution in [0.4, 0.5) is 10.5 Å². The third kappa shape index (κ3) is 3.47. The number of anilines is 1. The van der Waals surface area contributed by atoms with Crippen molar-refractivity contribution in [3.05, 3.63) is 41.0 Å². The van der Waals surface area contributed by atoms with Gasteiger partial charge in [-0.2, -0.15) is 0 Å². The molecule has 1 N–H and O–H groups in total. The summed E-state index contributed by atoms with van der Waals surface area (Å²) in [6.07, 6.45) is 6.25. The van der Waals surface area contributed by atoms with Gasteiger partial charge in [0.1, 0.15) is 0 Å². The van der Waals surface area contributed by atoms with Crippen molar-refractivity contribution >= 4 is 27.6 Å².